The summed E-state index contributed by atoms with van der Waals surface area (Å²) in [5.74, 6) is -1.27. The largest absolute Gasteiger partial charge is 0.463 e. The maximum absolute atomic E-state index is 12.5. The SMILES string of the molecule is CC(C)OC(=O)[C@H]1CC=CC[C@@H]1C(=O)Nc1ccccc1Br. The minimum atomic E-state index is -0.421. The number of carbonyl (C=O) groups excluding carboxylic acids is 2. The molecule has 0 bridgehead atoms. The second-order valence-electron chi connectivity index (χ2n) is 5.61. The summed E-state index contributed by atoms with van der Waals surface area (Å²) < 4.78 is 6.10. The third-order valence-electron chi connectivity index (χ3n) is 3.56. The van der Waals surface area contributed by atoms with Crippen molar-refractivity contribution in [1.82, 2.24) is 0 Å². The van der Waals surface area contributed by atoms with Crippen LogP contribution in [0.25, 0.3) is 0 Å². The summed E-state index contributed by atoms with van der Waals surface area (Å²) in [6.45, 7) is 3.62. The maximum Gasteiger partial charge on any atom is 0.310 e. The Labute approximate surface area is 139 Å². The molecule has 4 nitrogen and oxygen atoms in total. The lowest BCUT2D eigenvalue weighted by Gasteiger charge is -2.26. The Morgan fingerprint density at radius 2 is 1.82 bits per heavy atom. The van der Waals surface area contributed by atoms with Crippen LogP contribution >= 0.6 is 15.9 Å². The van der Waals surface area contributed by atoms with Gasteiger partial charge in [0.2, 0.25) is 5.91 Å². The number of para-hydroxylation sites is 1. The number of esters is 1. The highest BCUT2D eigenvalue weighted by Gasteiger charge is 2.35. The van der Waals surface area contributed by atoms with Crippen LogP contribution in [0.1, 0.15) is 26.7 Å². The molecule has 2 rings (SSSR count). The first-order chi connectivity index (χ1) is 10.5. The lowest BCUT2D eigenvalue weighted by Crippen LogP contribution is -2.36. The van der Waals surface area contributed by atoms with Crippen LogP contribution in [0.4, 0.5) is 5.69 Å². The standard InChI is InChI=1S/C17H20BrNO3/c1-11(2)22-17(21)13-8-4-3-7-12(13)16(20)19-15-10-6-5-9-14(15)18/h3-6,9-13H,7-8H2,1-2H3,(H,19,20)/t12-,13-/m0/s1. The molecule has 1 aliphatic rings. The second kappa shape index (κ2) is 7.58. The average Bonchev–Trinajstić information content (AvgIpc) is 2.49. The quantitative estimate of drug-likeness (QED) is 0.649. The lowest BCUT2D eigenvalue weighted by atomic mass is 9.82. The van der Waals surface area contributed by atoms with Gasteiger partial charge >= 0.3 is 5.97 Å². The van der Waals surface area contributed by atoms with Crippen molar-refractivity contribution in [1.29, 1.82) is 0 Å². The predicted molar refractivity (Wildman–Crippen MR) is 89.4 cm³/mol. The van der Waals surface area contributed by atoms with E-state index >= 15 is 0 Å². The van der Waals surface area contributed by atoms with Crippen molar-refractivity contribution in [3.63, 3.8) is 0 Å². The number of amides is 1. The summed E-state index contributed by atoms with van der Waals surface area (Å²) in [5, 5.41) is 2.89. The zero-order valence-electron chi connectivity index (χ0n) is 12.7. The van der Waals surface area contributed by atoms with E-state index in [1.54, 1.807) is 0 Å². The maximum atomic E-state index is 12.5. The van der Waals surface area contributed by atoms with Crippen LogP contribution in [0, 0.1) is 11.8 Å². The molecule has 0 fully saturated rings. The molecule has 1 aromatic carbocycles. The number of hydrogen-bond acceptors (Lipinski definition) is 3. The Hall–Kier alpha value is -1.62. The number of benzene rings is 1. The van der Waals surface area contributed by atoms with Crippen LogP contribution in [0.15, 0.2) is 40.9 Å². The third kappa shape index (κ3) is 4.19. The number of halogens is 1. The molecule has 22 heavy (non-hydrogen) atoms. The lowest BCUT2D eigenvalue weighted by molar-refractivity contribution is -0.156. The summed E-state index contributed by atoms with van der Waals surface area (Å²) in [7, 11) is 0. The Balaban J connectivity index is 2.10. The normalized spacial score (nSPS) is 20.7. The molecular weight excluding hydrogens is 346 g/mol. The van der Waals surface area contributed by atoms with E-state index in [-0.39, 0.29) is 18.0 Å². The first-order valence-electron chi connectivity index (χ1n) is 7.40. The summed E-state index contributed by atoms with van der Waals surface area (Å²) in [5.41, 5.74) is 0.707. The Morgan fingerprint density at radius 3 is 2.45 bits per heavy atom. The van der Waals surface area contributed by atoms with Gasteiger partial charge in [0, 0.05) is 4.47 Å². The Bertz CT molecular complexity index is 583. The van der Waals surface area contributed by atoms with Crippen LogP contribution < -0.4 is 5.32 Å². The van der Waals surface area contributed by atoms with Gasteiger partial charge in [0.1, 0.15) is 0 Å². The van der Waals surface area contributed by atoms with Crippen molar-refractivity contribution in [3.8, 4) is 0 Å². The third-order valence-corrected chi connectivity index (χ3v) is 4.25. The fourth-order valence-electron chi connectivity index (χ4n) is 2.47. The molecule has 118 valence electrons. The first-order valence-corrected chi connectivity index (χ1v) is 8.19. The zero-order chi connectivity index (χ0) is 16.1. The van der Waals surface area contributed by atoms with E-state index in [4.69, 9.17) is 4.74 Å². The van der Waals surface area contributed by atoms with Crippen molar-refractivity contribution in [3.05, 3.63) is 40.9 Å². The van der Waals surface area contributed by atoms with Gasteiger partial charge in [0.05, 0.1) is 23.6 Å². The average molecular weight is 366 g/mol. The summed E-state index contributed by atoms with van der Waals surface area (Å²) in [6, 6.07) is 7.42. The van der Waals surface area contributed by atoms with E-state index < -0.39 is 11.8 Å². The van der Waals surface area contributed by atoms with Gasteiger partial charge in [-0.1, -0.05) is 24.3 Å². The molecule has 0 saturated heterocycles. The number of nitrogens with one attached hydrogen (secondary N) is 1. The molecular formula is C17H20BrNO3. The van der Waals surface area contributed by atoms with Gasteiger partial charge in [-0.05, 0) is 54.8 Å². The molecule has 0 radical (unpaired) electrons. The predicted octanol–water partition coefficient (Wildman–Crippen LogP) is 3.92. The van der Waals surface area contributed by atoms with Crippen LogP contribution in [-0.4, -0.2) is 18.0 Å². The van der Waals surface area contributed by atoms with Gasteiger partial charge in [-0.3, -0.25) is 9.59 Å². The van der Waals surface area contributed by atoms with E-state index in [1.165, 1.54) is 0 Å². The smallest absolute Gasteiger partial charge is 0.310 e. The topological polar surface area (TPSA) is 55.4 Å². The molecule has 1 aromatic rings. The summed E-state index contributed by atoms with van der Waals surface area (Å²) in [6.07, 6.45) is 4.80. The van der Waals surface area contributed by atoms with Crippen molar-refractivity contribution in [2.24, 2.45) is 11.8 Å². The van der Waals surface area contributed by atoms with Crippen LogP contribution in [-0.2, 0) is 14.3 Å². The zero-order valence-corrected chi connectivity index (χ0v) is 14.3. The summed E-state index contributed by atoms with van der Waals surface area (Å²) in [4.78, 5) is 24.7. The number of ether oxygens (including phenoxy) is 1. The molecule has 1 N–H and O–H groups in total. The Kier molecular flexibility index (Phi) is 5.77. The van der Waals surface area contributed by atoms with E-state index in [9.17, 15) is 9.59 Å². The molecule has 5 heteroatoms. The van der Waals surface area contributed by atoms with Gasteiger partial charge in [0.25, 0.3) is 0 Å². The second-order valence-corrected chi connectivity index (χ2v) is 6.46. The molecule has 0 aliphatic heterocycles. The van der Waals surface area contributed by atoms with Gasteiger partial charge in [-0.15, -0.1) is 0 Å². The van der Waals surface area contributed by atoms with Crippen LogP contribution in [0.5, 0.6) is 0 Å². The van der Waals surface area contributed by atoms with E-state index in [1.807, 2.05) is 50.3 Å². The highest BCUT2D eigenvalue weighted by molar-refractivity contribution is 9.10. The molecule has 2 atom stereocenters. The minimum Gasteiger partial charge on any atom is -0.463 e. The molecule has 0 aromatic heterocycles. The minimum absolute atomic E-state index is 0.151. The molecule has 0 unspecified atom stereocenters. The highest BCUT2D eigenvalue weighted by atomic mass is 79.9. The summed E-state index contributed by atoms with van der Waals surface area (Å²) >= 11 is 3.41. The number of carbonyl (C=O) groups is 2. The number of hydrogen-bond donors (Lipinski definition) is 1. The highest BCUT2D eigenvalue weighted by Crippen LogP contribution is 2.30. The van der Waals surface area contributed by atoms with Crippen molar-refractivity contribution >= 4 is 33.5 Å². The monoisotopic (exact) mass is 365 g/mol. The number of anilines is 1. The van der Waals surface area contributed by atoms with Crippen LogP contribution in [0.2, 0.25) is 0 Å². The van der Waals surface area contributed by atoms with E-state index in [0.717, 1.165) is 4.47 Å². The number of rotatable bonds is 4. The van der Waals surface area contributed by atoms with Gasteiger partial charge in [-0.25, -0.2) is 0 Å². The van der Waals surface area contributed by atoms with Crippen molar-refractivity contribution < 1.29 is 14.3 Å². The van der Waals surface area contributed by atoms with E-state index in [0.29, 0.717) is 18.5 Å². The molecule has 0 saturated carbocycles. The fraction of sp³-hybridized carbons (Fsp3) is 0.412. The van der Waals surface area contributed by atoms with Crippen molar-refractivity contribution in [2.75, 3.05) is 5.32 Å². The van der Waals surface area contributed by atoms with Gasteiger partial charge in [-0.2, -0.15) is 0 Å². The van der Waals surface area contributed by atoms with Crippen molar-refractivity contribution in [2.45, 2.75) is 32.8 Å². The molecule has 1 amide bonds. The van der Waals surface area contributed by atoms with Crippen LogP contribution in [0.3, 0.4) is 0 Å². The number of allylic oxidation sites excluding steroid dienone is 2. The molecule has 0 spiro atoms. The molecule has 1 aliphatic carbocycles. The fourth-order valence-corrected chi connectivity index (χ4v) is 2.86. The first kappa shape index (κ1) is 16.7. The van der Waals surface area contributed by atoms with Gasteiger partial charge < -0.3 is 10.1 Å². The molecule has 0 heterocycles. The Morgan fingerprint density at radius 1 is 1.18 bits per heavy atom. The van der Waals surface area contributed by atoms with Gasteiger partial charge in [0.15, 0.2) is 0 Å². The van der Waals surface area contributed by atoms with E-state index in [2.05, 4.69) is 21.2 Å².